The predicted octanol–water partition coefficient (Wildman–Crippen LogP) is 4.22. The van der Waals surface area contributed by atoms with E-state index in [0.717, 1.165) is 28.5 Å². The number of aromatic nitrogens is 2. The molecule has 0 spiro atoms. The molecule has 0 radical (unpaired) electrons. The molecule has 1 amide bonds. The van der Waals surface area contributed by atoms with E-state index in [1.807, 2.05) is 26.0 Å². The van der Waals surface area contributed by atoms with E-state index >= 15 is 0 Å². The van der Waals surface area contributed by atoms with Crippen LogP contribution in [-0.2, 0) is 4.79 Å². The number of anilines is 1. The summed E-state index contributed by atoms with van der Waals surface area (Å²) in [6.07, 6.45) is 0. The maximum atomic E-state index is 12.8. The summed E-state index contributed by atoms with van der Waals surface area (Å²) in [6, 6.07) is 11.6. The fraction of sp³-hybridized carbons (Fsp3) is 0.167. The van der Waals surface area contributed by atoms with Gasteiger partial charge in [0, 0.05) is 11.3 Å². The molecule has 0 saturated carbocycles. The number of halogens is 1. The number of amides is 1. The van der Waals surface area contributed by atoms with Gasteiger partial charge >= 0.3 is 0 Å². The highest BCUT2D eigenvalue weighted by Gasteiger charge is 2.12. The number of hydrogen-bond donors (Lipinski definition) is 1. The SMILES string of the molecule is Cc1cc(C)cc(-c2nnc(SCC(=O)Nc3ccc(F)cc3)o2)c1. The van der Waals surface area contributed by atoms with E-state index in [2.05, 4.69) is 21.6 Å². The van der Waals surface area contributed by atoms with Gasteiger partial charge in [-0.25, -0.2) is 4.39 Å². The van der Waals surface area contributed by atoms with Crippen LogP contribution in [0.5, 0.6) is 0 Å². The molecule has 1 N–H and O–H groups in total. The molecule has 0 aliphatic carbocycles. The van der Waals surface area contributed by atoms with Crippen LogP contribution in [0.25, 0.3) is 11.5 Å². The third kappa shape index (κ3) is 4.67. The molecule has 25 heavy (non-hydrogen) atoms. The van der Waals surface area contributed by atoms with Crippen molar-refractivity contribution in [2.45, 2.75) is 19.1 Å². The first-order valence-corrected chi connectivity index (χ1v) is 8.58. The van der Waals surface area contributed by atoms with Gasteiger partial charge in [0.15, 0.2) is 0 Å². The molecule has 1 aromatic heterocycles. The molecule has 0 unspecified atom stereocenters. The molecule has 5 nitrogen and oxygen atoms in total. The number of thioether (sulfide) groups is 1. The molecule has 0 saturated heterocycles. The number of hydrogen-bond acceptors (Lipinski definition) is 5. The van der Waals surface area contributed by atoms with Crippen molar-refractivity contribution >= 4 is 23.4 Å². The number of benzene rings is 2. The van der Waals surface area contributed by atoms with Crippen molar-refractivity contribution in [2.24, 2.45) is 0 Å². The molecule has 128 valence electrons. The highest BCUT2D eigenvalue weighted by molar-refractivity contribution is 7.99. The van der Waals surface area contributed by atoms with E-state index in [0.29, 0.717) is 16.8 Å². The van der Waals surface area contributed by atoms with Gasteiger partial charge in [0.25, 0.3) is 5.22 Å². The lowest BCUT2D eigenvalue weighted by Crippen LogP contribution is -2.13. The first-order valence-electron chi connectivity index (χ1n) is 7.60. The van der Waals surface area contributed by atoms with E-state index in [1.165, 1.54) is 24.3 Å². The van der Waals surface area contributed by atoms with E-state index in [1.54, 1.807) is 0 Å². The molecule has 1 heterocycles. The summed E-state index contributed by atoms with van der Waals surface area (Å²) in [6.45, 7) is 4.00. The molecule has 7 heteroatoms. The standard InChI is InChI=1S/C18H16FN3O2S/c1-11-7-12(2)9-13(8-11)17-21-22-18(24-17)25-10-16(23)20-15-5-3-14(19)4-6-15/h3-9H,10H2,1-2H3,(H,20,23). The summed E-state index contributed by atoms with van der Waals surface area (Å²) in [4.78, 5) is 11.9. The lowest BCUT2D eigenvalue weighted by atomic mass is 10.1. The Morgan fingerprint density at radius 1 is 1.12 bits per heavy atom. The van der Waals surface area contributed by atoms with Gasteiger partial charge in [-0.15, -0.1) is 10.2 Å². The van der Waals surface area contributed by atoms with Crippen molar-refractivity contribution in [3.63, 3.8) is 0 Å². The fourth-order valence-corrected chi connectivity index (χ4v) is 2.90. The summed E-state index contributed by atoms with van der Waals surface area (Å²) in [5.41, 5.74) is 3.61. The third-order valence-electron chi connectivity index (χ3n) is 3.33. The Morgan fingerprint density at radius 3 is 2.48 bits per heavy atom. The van der Waals surface area contributed by atoms with Crippen LogP contribution >= 0.6 is 11.8 Å². The van der Waals surface area contributed by atoms with E-state index in [-0.39, 0.29) is 17.5 Å². The maximum Gasteiger partial charge on any atom is 0.277 e. The second-order valence-corrected chi connectivity index (χ2v) is 6.52. The third-order valence-corrected chi connectivity index (χ3v) is 4.15. The summed E-state index contributed by atoms with van der Waals surface area (Å²) in [5, 5.41) is 11.0. The highest BCUT2D eigenvalue weighted by Crippen LogP contribution is 2.25. The van der Waals surface area contributed by atoms with Gasteiger partial charge in [-0.1, -0.05) is 29.0 Å². The van der Waals surface area contributed by atoms with Gasteiger partial charge in [-0.2, -0.15) is 0 Å². The molecule has 0 fully saturated rings. The zero-order valence-corrected chi connectivity index (χ0v) is 14.6. The Kier molecular flexibility index (Phi) is 5.14. The zero-order chi connectivity index (χ0) is 17.8. The topological polar surface area (TPSA) is 68.0 Å². The average molecular weight is 357 g/mol. The minimum absolute atomic E-state index is 0.117. The summed E-state index contributed by atoms with van der Waals surface area (Å²) < 4.78 is 18.4. The Bertz CT molecular complexity index is 873. The smallest absolute Gasteiger partial charge is 0.277 e. The van der Waals surface area contributed by atoms with Crippen molar-refractivity contribution in [3.8, 4) is 11.5 Å². The Hall–Kier alpha value is -2.67. The van der Waals surface area contributed by atoms with Crippen LogP contribution in [-0.4, -0.2) is 21.9 Å². The molecule has 0 bridgehead atoms. The van der Waals surface area contributed by atoms with Gasteiger partial charge in [0.2, 0.25) is 11.8 Å². The molecule has 0 atom stereocenters. The second-order valence-electron chi connectivity index (χ2n) is 5.59. The number of carbonyl (C=O) groups is 1. The van der Waals surface area contributed by atoms with Gasteiger partial charge in [-0.3, -0.25) is 4.79 Å². The monoisotopic (exact) mass is 357 g/mol. The van der Waals surface area contributed by atoms with Crippen molar-refractivity contribution in [2.75, 3.05) is 11.1 Å². The number of rotatable bonds is 5. The predicted molar refractivity (Wildman–Crippen MR) is 95.0 cm³/mol. The van der Waals surface area contributed by atoms with Gasteiger partial charge < -0.3 is 9.73 Å². The number of carbonyl (C=O) groups excluding carboxylic acids is 1. The van der Waals surface area contributed by atoms with Crippen LogP contribution < -0.4 is 5.32 Å². The van der Waals surface area contributed by atoms with Crippen LogP contribution in [0.2, 0.25) is 0 Å². The molecule has 3 rings (SSSR count). The average Bonchev–Trinajstić information content (AvgIpc) is 3.03. The summed E-state index contributed by atoms with van der Waals surface area (Å²) in [7, 11) is 0. The molecule has 0 aliphatic heterocycles. The summed E-state index contributed by atoms with van der Waals surface area (Å²) >= 11 is 1.15. The van der Waals surface area contributed by atoms with E-state index in [4.69, 9.17) is 4.42 Å². The largest absolute Gasteiger partial charge is 0.411 e. The lowest BCUT2D eigenvalue weighted by molar-refractivity contribution is -0.113. The Labute approximate surface area is 148 Å². The highest BCUT2D eigenvalue weighted by atomic mass is 32.2. The lowest BCUT2D eigenvalue weighted by Gasteiger charge is -2.03. The minimum Gasteiger partial charge on any atom is -0.411 e. The molecule has 2 aromatic carbocycles. The van der Waals surface area contributed by atoms with Gasteiger partial charge in [0.05, 0.1) is 5.75 Å². The molecule has 3 aromatic rings. The maximum absolute atomic E-state index is 12.8. The zero-order valence-electron chi connectivity index (χ0n) is 13.7. The fourth-order valence-electron chi connectivity index (χ4n) is 2.34. The van der Waals surface area contributed by atoms with Crippen LogP contribution in [0.1, 0.15) is 11.1 Å². The quantitative estimate of drug-likeness (QED) is 0.692. The first kappa shape index (κ1) is 17.2. The van der Waals surface area contributed by atoms with Crippen molar-refractivity contribution in [1.29, 1.82) is 0 Å². The first-order chi connectivity index (χ1) is 12.0. The second kappa shape index (κ2) is 7.48. The van der Waals surface area contributed by atoms with Crippen LogP contribution in [0.4, 0.5) is 10.1 Å². The van der Waals surface area contributed by atoms with E-state index in [9.17, 15) is 9.18 Å². The van der Waals surface area contributed by atoms with E-state index < -0.39 is 0 Å². The molecule has 0 aliphatic rings. The van der Waals surface area contributed by atoms with Crippen molar-refractivity contribution in [1.82, 2.24) is 10.2 Å². The normalized spacial score (nSPS) is 10.7. The van der Waals surface area contributed by atoms with Crippen LogP contribution in [0.3, 0.4) is 0 Å². The minimum atomic E-state index is -0.350. The van der Waals surface area contributed by atoms with Crippen molar-refractivity contribution in [3.05, 3.63) is 59.4 Å². The summed E-state index contributed by atoms with van der Waals surface area (Å²) in [5.74, 6) is -0.0422. The number of aryl methyl sites for hydroxylation is 2. The molecular weight excluding hydrogens is 341 g/mol. The van der Waals surface area contributed by atoms with Crippen LogP contribution in [0, 0.1) is 19.7 Å². The van der Waals surface area contributed by atoms with Gasteiger partial charge in [-0.05, 0) is 50.2 Å². The number of nitrogens with zero attached hydrogens (tertiary/aromatic N) is 2. The Balaban J connectivity index is 1.59. The number of nitrogens with one attached hydrogen (secondary N) is 1. The van der Waals surface area contributed by atoms with Crippen LogP contribution in [0.15, 0.2) is 52.1 Å². The van der Waals surface area contributed by atoms with Gasteiger partial charge in [0.1, 0.15) is 5.82 Å². The molecular formula is C18H16FN3O2S. The Morgan fingerprint density at radius 2 is 1.80 bits per heavy atom. The van der Waals surface area contributed by atoms with Crippen molar-refractivity contribution < 1.29 is 13.6 Å².